The fourth-order valence-corrected chi connectivity index (χ4v) is 3.38. The van der Waals surface area contributed by atoms with E-state index >= 15 is 0 Å². The molecule has 20 heavy (non-hydrogen) atoms. The van der Waals surface area contributed by atoms with Gasteiger partial charge in [0.15, 0.2) is 0 Å². The molecule has 2 rings (SSSR count). The van der Waals surface area contributed by atoms with Crippen molar-refractivity contribution < 1.29 is 0 Å². The van der Waals surface area contributed by atoms with Gasteiger partial charge in [-0.2, -0.15) is 0 Å². The van der Waals surface area contributed by atoms with E-state index in [1.165, 1.54) is 44.3 Å². The fourth-order valence-electron chi connectivity index (χ4n) is 3.38. The summed E-state index contributed by atoms with van der Waals surface area (Å²) in [6.45, 7) is 6.84. The molecule has 0 saturated carbocycles. The molecule has 1 fully saturated rings. The van der Waals surface area contributed by atoms with E-state index in [-0.39, 0.29) is 6.04 Å². The molecule has 1 aromatic rings. The quantitative estimate of drug-likeness (QED) is 0.896. The van der Waals surface area contributed by atoms with Crippen LogP contribution in [-0.2, 0) is 0 Å². The molecule has 0 amide bonds. The summed E-state index contributed by atoms with van der Waals surface area (Å²) in [6.07, 6.45) is 10.1. The number of hydrogen-bond acceptors (Lipinski definition) is 3. The van der Waals surface area contributed by atoms with Crippen molar-refractivity contribution in [2.24, 2.45) is 11.7 Å². The summed E-state index contributed by atoms with van der Waals surface area (Å²) in [7, 11) is 0. The summed E-state index contributed by atoms with van der Waals surface area (Å²) in [6, 6.07) is 4.72. The van der Waals surface area contributed by atoms with Crippen LogP contribution >= 0.6 is 0 Å². The number of rotatable bonds is 5. The van der Waals surface area contributed by atoms with E-state index in [9.17, 15) is 0 Å². The number of hydrogen-bond donors (Lipinski definition) is 1. The molecule has 0 aliphatic carbocycles. The highest BCUT2D eigenvalue weighted by molar-refractivity contribution is 5.16. The molecule has 1 saturated heterocycles. The van der Waals surface area contributed by atoms with Gasteiger partial charge >= 0.3 is 0 Å². The second-order valence-corrected chi connectivity index (χ2v) is 6.04. The highest BCUT2D eigenvalue weighted by atomic mass is 15.2. The van der Waals surface area contributed by atoms with Gasteiger partial charge in [0, 0.05) is 18.4 Å². The Labute approximate surface area is 123 Å². The first-order chi connectivity index (χ1) is 9.76. The molecular weight excluding hydrogens is 246 g/mol. The highest BCUT2D eigenvalue weighted by Gasteiger charge is 2.27. The van der Waals surface area contributed by atoms with Crippen LogP contribution in [0.3, 0.4) is 0 Å². The van der Waals surface area contributed by atoms with Crippen LogP contribution < -0.4 is 5.73 Å². The SMILES string of the molecule is CCC1CCCN(C(c2cccnc2)C(N)CC)CC1. The molecule has 112 valence electrons. The maximum Gasteiger partial charge on any atom is 0.0514 e. The molecule has 2 heterocycles. The fraction of sp³-hybridized carbons (Fsp3) is 0.706. The third-order valence-electron chi connectivity index (χ3n) is 4.76. The zero-order valence-corrected chi connectivity index (χ0v) is 13.0. The molecule has 1 aliphatic rings. The van der Waals surface area contributed by atoms with E-state index in [2.05, 4.69) is 29.8 Å². The minimum absolute atomic E-state index is 0.192. The lowest BCUT2D eigenvalue weighted by Crippen LogP contribution is -2.41. The van der Waals surface area contributed by atoms with E-state index < -0.39 is 0 Å². The van der Waals surface area contributed by atoms with Gasteiger partial charge in [-0.15, -0.1) is 0 Å². The summed E-state index contributed by atoms with van der Waals surface area (Å²) in [5, 5.41) is 0. The molecule has 3 heteroatoms. The van der Waals surface area contributed by atoms with Gasteiger partial charge in [0.25, 0.3) is 0 Å². The lowest BCUT2D eigenvalue weighted by atomic mass is 9.97. The van der Waals surface area contributed by atoms with Gasteiger partial charge in [0.05, 0.1) is 6.04 Å². The molecule has 0 bridgehead atoms. The molecule has 0 spiro atoms. The summed E-state index contributed by atoms with van der Waals surface area (Å²) in [5.74, 6) is 0.896. The van der Waals surface area contributed by atoms with Crippen molar-refractivity contribution in [2.45, 2.75) is 58.0 Å². The molecule has 3 unspecified atom stereocenters. The first kappa shape index (κ1) is 15.5. The van der Waals surface area contributed by atoms with Crippen LogP contribution in [0.1, 0.15) is 57.6 Å². The normalized spacial score (nSPS) is 24.1. The van der Waals surface area contributed by atoms with E-state index in [1.54, 1.807) is 0 Å². The van der Waals surface area contributed by atoms with Crippen molar-refractivity contribution in [2.75, 3.05) is 13.1 Å². The lowest BCUT2D eigenvalue weighted by Gasteiger charge is -2.34. The highest BCUT2D eigenvalue weighted by Crippen LogP contribution is 2.29. The molecule has 0 aromatic carbocycles. The van der Waals surface area contributed by atoms with Gasteiger partial charge in [-0.05, 0) is 56.3 Å². The Balaban J connectivity index is 2.14. The summed E-state index contributed by atoms with van der Waals surface area (Å²) in [5.41, 5.74) is 7.70. The van der Waals surface area contributed by atoms with Gasteiger partial charge in [0.2, 0.25) is 0 Å². The minimum Gasteiger partial charge on any atom is -0.326 e. The maximum atomic E-state index is 6.43. The van der Waals surface area contributed by atoms with Crippen molar-refractivity contribution in [3.05, 3.63) is 30.1 Å². The zero-order valence-electron chi connectivity index (χ0n) is 13.0. The number of pyridine rings is 1. The van der Waals surface area contributed by atoms with E-state index in [0.29, 0.717) is 6.04 Å². The van der Waals surface area contributed by atoms with Crippen molar-refractivity contribution >= 4 is 0 Å². The zero-order chi connectivity index (χ0) is 14.4. The number of nitrogens with two attached hydrogens (primary N) is 1. The van der Waals surface area contributed by atoms with Crippen molar-refractivity contribution in [1.29, 1.82) is 0 Å². The minimum atomic E-state index is 0.192. The molecule has 1 aromatic heterocycles. The Morgan fingerprint density at radius 2 is 2.20 bits per heavy atom. The summed E-state index contributed by atoms with van der Waals surface area (Å²) < 4.78 is 0. The van der Waals surface area contributed by atoms with Crippen LogP contribution in [-0.4, -0.2) is 29.0 Å². The first-order valence-corrected chi connectivity index (χ1v) is 8.15. The Morgan fingerprint density at radius 3 is 2.85 bits per heavy atom. The molecule has 3 nitrogen and oxygen atoms in total. The largest absolute Gasteiger partial charge is 0.326 e. The van der Waals surface area contributed by atoms with Crippen LogP contribution in [0.5, 0.6) is 0 Å². The van der Waals surface area contributed by atoms with Gasteiger partial charge in [-0.25, -0.2) is 0 Å². The standard InChI is InChI=1S/C17H29N3/c1-3-14-7-6-11-20(12-9-14)17(16(18)4-2)15-8-5-10-19-13-15/h5,8,10,13-14,16-17H,3-4,6-7,9,11-12,18H2,1-2H3. The van der Waals surface area contributed by atoms with Crippen LogP contribution in [0.25, 0.3) is 0 Å². The number of aromatic nitrogens is 1. The third-order valence-corrected chi connectivity index (χ3v) is 4.76. The van der Waals surface area contributed by atoms with Crippen LogP contribution in [0, 0.1) is 5.92 Å². The summed E-state index contributed by atoms with van der Waals surface area (Å²) >= 11 is 0. The lowest BCUT2D eigenvalue weighted by molar-refractivity contribution is 0.173. The second kappa shape index (κ2) is 7.75. The monoisotopic (exact) mass is 275 g/mol. The van der Waals surface area contributed by atoms with E-state index in [0.717, 1.165) is 12.3 Å². The first-order valence-electron chi connectivity index (χ1n) is 8.15. The Hall–Kier alpha value is -0.930. The molecular formula is C17H29N3. The predicted molar refractivity (Wildman–Crippen MR) is 84.4 cm³/mol. The maximum absolute atomic E-state index is 6.43. The average Bonchev–Trinajstić information content (AvgIpc) is 2.74. The van der Waals surface area contributed by atoms with E-state index in [1.807, 2.05) is 18.5 Å². The van der Waals surface area contributed by atoms with Gasteiger partial charge < -0.3 is 5.73 Å². The van der Waals surface area contributed by atoms with Gasteiger partial charge in [-0.3, -0.25) is 9.88 Å². The number of nitrogens with zero attached hydrogens (tertiary/aromatic N) is 2. The Morgan fingerprint density at radius 1 is 1.35 bits per heavy atom. The topological polar surface area (TPSA) is 42.2 Å². The Kier molecular flexibility index (Phi) is 5.99. The molecule has 3 atom stereocenters. The van der Waals surface area contributed by atoms with Crippen LogP contribution in [0.2, 0.25) is 0 Å². The third kappa shape index (κ3) is 3.80. The van der Waals surface area contributed by atoms with Gasteiger partial charge in [-0.1, -0.05) is 26.3 Å². The van der Waals surface area contributed by atoms with Crippen molar-refractivity contribution in [3.63, 3.8) is 0 Å². The van der Waals surface area contributed by atoms with Gasteiger partial charge in [0.1, 0.15) is 0 Å². The molecule has 0 radical (unpaired) electrons. The number of likely N-dealkylation sites (tertiary alicyclic amines) is 1. The van der Waals surface area contributed by atoms with Crippen LogP contribution in [0.15, 0.2) is 24.5 Å². The van der Waals surface area contributed by atoms with E-state index in [4.69, 9.17) is 5.73 Å². The molecule has 1 aliphatic heterocycles. The summed E-state index contributed by atoms with van der Waals surface area (Å²) in [4.78, 5) is 6.89. The Bertz CT molecular complexity index is 379. The molecule has 2 N–H and O–H groups in total. The van der Waals surface area contributed by atoms with Crippen LogP contribution in [0.4, 0.5) is 0 Å². The van der Waals surface area contributed by atoms with Crippen molar-refractivity contribution in [1.82, 2.24) is 9.88 Å². The van der Waals surface area contributed by atoms with Crippen molar-refractivity contribution in [3.8, 4) is 0 Å². The second-order valence-electron chi connectivity index (χ2n) is 6.04. The average molecular weight is 275 g/mol. The predicted octanol–water partition coefficient (Wildman–Crippen LogP) is 3.37. The smallest absolute Gasteiger partial charge is 0.0514 e.